The van der Waals surface area contributed by atoms with Crippen LogP contribution in [0.2, 0.25) is 0 Å². The van der Waals surface area contributed by atoms with E-state index in [1.54, 1.807) is 26.1 Å². The second-order valence-electron chi connectivity index (χ2n) is 3.82. The van der Waals surface area contributed by atoms with Gasteiger partial charge < -0.3 is 4.98 Å². The summed E-state index contributed by atoms with van der Waals surface area (Å²) in [4.78, 5) is 24.3. The zero-order valence-electron chi connectivity index (χ0n) is 9.43. The topological polar surface area (TPSA) is 80.9 Å². The Kier molecular flexibility index (Phi) is 2.55. The summed E-state index contributed by atoms with van der Waals surface area (Å²) in [6.07, 6.45) is 3.12. The molecule has 2 aromatic rings. The summed E-state index contributed by atoms with van der Waals surface area (Å²) in [7, 11) is 0. The molecule has 0 fully saturated rings. The van der Waals surface area contributed by atoms with Crippen LogP contribution in [-0.4, -0.2) is 14.5 Å². The largest absolute Gasteiger partial charge is 0.330 e. The highest BCUT2D eigenvalue weighted by Gasteiger charge is 2.14. The Morgan fingerprint density at radius 3 is 2.53 bits per heavy atom. The molecule has 1 aromatic carbocycles. The predicted molar refractivity (Wildman–Crippen MR) is 62.5 cm³/mol. The predicted octanol–water partition coefficient (Wildman–Crippen LogP) is 1.69. The number of nitrogens with one attached hydrogen (secondary N) is 1. The first-order valence-electron chi connectivity index (χ1n) is 5.03. The summed E-state index contributed by atoms with van der Waals surface area (Å²) in [5.41, 5.74) is 1.67. The fourth-order valence-electron chi connectivity index (χ4n) is 1.75. The number of nitro groups is 1. The van der Waals surface area contributed by atoms with Crippen LogP contribution in [0.25, 0.3) is 5.69 Å². The maximum absolute atomic E-state index is 11.5. The number of aryl methyl sites for hydroxylation is 2. The monoisotopic (exact) mass is 233 g/mol. The van der Waals surface area contributed by atoms with E-state index in [9.17, 15) is 14.9 Å². The smallest absolute Gasteiger partial charge is 0.312 e. The normalized spacial score (nSPS) is 10.5. The second-order valence-corrected chi connectivity index (χ2v) is 3.82. The first-order chi connectivity index (χ1) is 8.00. The lowest BCUT2D eigenvalue weighted by molar-refractivity contribution is -0.385. The van der Waals surface area contributed by atoms with Crippen molar-refractivity contribution in [2.24, 2.45) is 0 Å². The average molecular weight is 233 g/mol. The molecule has 1 aromatic heterocycles. The van der Waals surface area contributed by atoms with E-state index in [1.807, 2.05) is 0 Å². The molecule has 1 heterocycles. The molecule has 0 radical (unpaired) electrons. The van der Waals surface area contributed by atoms with Crippen LogP contribution in [-0.2, 0) is 0 Å². The van der Waals surface area contributed by atoms with Crippen LogP contribution in [0.4, 0.5) is 5.69 Å². The van der Waals surface area contributed by atoms with Gasteiger partial charge in [-0.25, -0.2) is 4.79 Å². The molecule has 0 saturated heterocycles. The maximum atomic E-state index is 11.5. The number of aromatic amines is 1. The van der Waals surface area contributed by atoms with Gasteiger partial charge in [-0.3, -0.25) is 14.7 Å². The fraction of sp³-hybridized carbons (Fsp3) is 0.182. The summed E-state index contributed by atoms with van der Waals surface area (Å²) in [6, 6.07) is 3.12. The van der Waals surface area contributed by atoms with Crippen LogP contribution in [0.3, 0.4) is 0 Å². The Morgan fingerprint density at radius 2 is 2.00 bits per heavy atom. The van der Waals surface area contributed by atoms with Crippen molar-refractivity contribution in [2.45, 2.75) is 13.8 Å². The summed E-state index contributed by atoms with van der Waals surface area (Å²) in [5.74, 6) is 0. The van der Waals surface area contributed by atoms with Crippen molar-refractivity contribution in [3.8, 4) is 5.69 Å². The van der Waals surface area contributed by atoms with Gasteiger partial charge >= 0.3 is 5.69 Å². The summed E-state index contributed by atoms with van der Waals surface area (Å²) in [6.45, 7) is 3.39. The number of aromatic nitrogens is 2. The van der Waals surface area contributed by atoms with Gasteiger partial charge in [-0.15, -0.1) is 0 Å². The van der Waals surface area contributed by atoms with Crippen molar-refractivity contribution in [1.29, 1.82) is 0 Å². The molecule has 0 bridgehead atoms. The molecule has 0 aliphatic carbocycles. The molecule has 6 heteroatoms. The number of benzene rings is 1. The molecule has 2 rings (SSSR count). The fourth-order valence-corrected chi connectivity index (χ4v) is 1.75. The van der Waals surface area contributed by atoms with Crippen LogP contribution >= 0.6 is 0 Å². The van der Waals surface area contributed by atoms with Gasteiger partial charge in [0.1, 0.15) is 0 Å². The minimum absolute atomic E-state index is 0.0647. The van der Waals surface area contributed by atoms with Crippen molar-refractivity contribution < 1.29 is 4.92 Å². The van der Waals surface area contributed by atoms with Crippen LogP contribution in [0, 0.1) is 24.0 Å². The van der Waals surface area contributed by atoms with Gasteiger partial charge in [0.2, 0.25) is 0 Å². The summed E-state index contributed by atoms with van der Waals surface area (Å²) >= 11 is 0. The molecular formula is C11H11N3O3. The minimum atomic E-state index is -0.425. The van der Waals surface area contributed by atoms with Crippen molar-refractivity contribution in [2.75, 3.05) is 0 Å². The molecular weight excluding hydrogens is 222 g/mol. The Bertz CT molecular complexity index is 640. The van der Waals surface area contributed by atoms with Gasteiger partial charge in [0.25, 0.3) is 5.69 Å². The van der Waals surface area contributed by atoms with Crippen LogP contribution in [0.5, 0.6) is 0 Å². The lowest BCUT2D eigenvalue weighted by Crippen LogP contribution is -2.15. The van der Waals surface area contributed by atoms with Gasteiger partial charge in [-0.2, -0.15) is 0 Å². The van der Waals surface area contributed by atoms with Gasteiger partial charge in [0.15, 0.2) is 0 Å². The van der Waals surface area contributed by atoms with E-state index in [1.165, 1.54) is 16.8 Å². The summed E-state index contributed by atoms with van der Waals surface area (Å²) in [5, 5.41) is 10.8. The maximum Gasteiger partial charge on any atom is 0.330 e. The van der Waals surface area contributed by atoms with Crippen LogP contribution in [0.1, 0.15) is 11.1 Å². The third-order valence-electron chi connectivity index (χ3n) is 2.62. The molecule has 0 saturated carbocycles. The van der Waals surface area contributed by atoms with Gasteiger partial charge in [0.05, 0.1) is 10.6 Å². The van der Waals surface area contributed by atoms with E-state index in [4.69, 9.17) is 0 Å². The Hall–Kier alpha value is -2.37. The van der Waals surface area contributed by atoms with Crippen LogP contribution < -0.4 is 5.69 Å². The molecule has 88 valence electrons. The number of H-pyrrole nitrogens is 1. The molecule has 0 aliphatic heterocycles. The lowest BCUT2D eigenvalue weighted by Gasteiger charge is -2.07. The number of hydrogen-bond donors (Lipinski definition) is 1. The SMILES string of the molecule is Cc1cc([N+](=O)[O-])c(C)cc1-n1cc[nH]c1=O. The molecule has 0 aliphatic rings. The Morgan fingerprint density at radius 1 is 1.29 bits per heavy atom. The van der Waals surface area contributed by atoms with Crippen molar-refractivity contribution in [1.82, 2.24) is 9.55 Å². The van der Waals surface area contributed by atoms with E-state index in [0.29, 0.717) is 16.8 Å². The number of hydrogen-bond acceptors (Lipinski definition) is 3. The van der Waals surface area contributed by atoms with Crippen LogP contribution in [0.15, 0.2) is 29.3 Å². The zero-order valence-corrected chi connectivity index (χ0v) is 9.43. The van der Waals surface area contributed by atoms with E-state index < -0.39 is 4.92 Å². The van der Waals surface area contributed by atoms with E-state index >= 15 is 0 Å². The first-order valence-corrected chi connectivity index (χ1v) is 5.03. The number of nitro benzene ring substituents is 1. The molecule has 6 nitrogen and oxygen atoms in total. The molecule has 17 heavy (non-hydrogen) atoms. The van der Waals surface area contributed by atoms with Gasteiger partial charge in [-0.1, -0.05) is 0 Å². The third kappa shape index (κ3) is 1.84. The quantitative estimate of drug-likeness (QED) is 0.633. The lowest BCUT2D eigenvalue weighted by atomic mass is 10.1. The highest BCUT2D eigenvalue weighted by atomic mass is 16.6. The zero-order chi connectivity index (χ0) is 12.6. The molecule has 0 unspecified atom stereocenters. The van der Waals surface area contributed by atoms with Gasteiger partial charge in [0, 0.05) is 24.0 Å². The first kappa shape index (κ1) is 11.1. The van der Waals surface area contributed by atoms with E-state index in [-0.39, 0.29) is 11.4 Å². The minimum Gasteiger partial charge on any atom is -0.312 e. The molecule has 0 amide bonds. The number of nitrogens with zero attached hydrogens (tertiary/aromatic N) is 2. The third-order valence-corrected chi connectivity index (χ3v) is 2.62. The van der Waals surface area contributed by atoms with Crippen molar-refractivity contribution in [3.63, 3.8) is 0 Å². The molecule has 0 atom stereocenters. The van der Waals surface area contributed by atoms with Crippen molar-refractivity contribution >= 4 is 5.69 Å². The number of rotatable bonds is 2. The van der Waals surface area contributed by atoms with Gasteiger partial charge in [-0.05, 0) is 25.5 Å². The van der Waals surface area contributed by atoms with Crippen molar-refractivity contribution in [3.05, 3.63) is 56.3 Å². The second kappa shape index (κ2) is 3.89. The number of imidazole rings is 1. The standard InChI is InChI=1S/C11H11N3O3/c1-7-6-10(14(16)17)8(2)5-9(7)13-4-3-12-11(13)15/h3-6H,1-2H3,(H,12,15). The molecule has 0 spiro atoms. The van der Waals surface area contributed by atoms with E-state index in [0.717, 1.165) is 0 Å². The average Bonchev–Trinajstić information content (AvgIpc) is 2.67. The Balaban J connectivity index is 2.66. The Labute approximate surface area is 96.7 Å². The summed E-state index contributed by atoms with van der Waals surface area (Å²) < 4.78 is 1.42. The van der Waals surface area contributed by atoms with E-state index in [2.05, 4.69) is 4.98 Å². The highest BCUT2D eigenvalue weighted by molar-refractivity contribution is 5.52. The molecule has 1 N–H and O–H groups in total. The highest BCUT2D eigenvalue weighted by Crippen LogP contribution is 2.24.